The van der Waals surface area contributed by atoms with Crippen molar-refractivity contribution in [2.45, 2.75) is 19.3 Å². The maximum atomic E-state index is 11.7. The number of nitrogens with one attached hydrogen (secondary N) is 1. The Kier molecular flexibility index (Phi) is 3.61. The van der Waals surface area contributed by atoms with E-state index in [-0.39, 0.29) is 18.4 Å². The summed E-state index contributed by atoms with van der Waals surface area (Å²) in [4.78, 5) is 11.7. The number of nitriles is 1. The van der Waals surface area contributed by atoms with Crippen LogP contribution in [0.25, 0.3) is 0 Å². The van der Waals surface area contributed by atoms with Gasteiger partial charge in [-0.15, -0.1) is 0 Å². The number of hydrogen-bond acceptors (Lipinski definition) is 3. The normalized spacial score (nSPS) is 14.5. The fraction of sp³-hybridized carbons (Fsp3) is 0.385. The largest absolute Gasteiger partial charge is 0.479 e. The zero-order valence-corrected chi connectivity index (χ0v) is 9.48. The predicted octanol–water partition coefficient (Wildman–Crippen LogP) is 2.33. The molecule has 1 N–H and O–H groups in total. The van der Waals surface area contributed by atoms with Gasteiger partial charge in [0.15, 0.2) is 6.61 Å². The third-order valence-corrected chi connectivity index (χ3v) is 2.88. The van der Waals surface area contributed by atoms with Gasteiger partial charge < -0.3 is 10.1 Å². The number of carbonyl (C=O) groups is 1. The van der Waals surface area contributed by atoms with Gasteiger partial charge in [0.1, 0.15) is 11.8 Å². The Morgan fingerprint density at radius 1 is 1.53 bits per heavy atom. The monoisotopic (exact) mass is 230 g/mol. The first-order valence-electron chi connectivity index (χ1n) is 5.70. The molecular weight excluding hydrogens is 216 g/mol. The summed E-state index contributed by atoms with van der Waals surface area (Å²) in [6.07, 6.45) is 3.11. The van der Waals surface area contributed by atoms with Gasteiger partial charge >= 0.3 is 0 Å². The van der Waals surface area contributed by atoms with Crippen LogP contribution in [-0.4, -0.2) is 12.5 Å². The van der Waals surface area contributed by atoms with Crippen LogP contribution in [0.2, 0.25) is 0 Å². The average Bonchev–Trinajstić information content (AvgIpc) is 2.24. The molecule has 1 fully saturated rings. The van der Waals surface area contributed by atoms with E-state index in [0.717, 1.165) is 24.9 Å². The second-order valence-electron chi connectivity index (χ2n) is 4.09. The van der Waals surface area contributed by atoms with Crippen molar-refractivity contribution in [3.8, 4) is 11.8 Å². The van der Waals surface area contributed by atoms with E-state index in [9.17, 15) is 4.79 Å². The second-order valence-corrected chi connectivity index (χ2v) is 4.09. The van der Waals surface area contributed by atoms with Gasteiger partial charge in [0, 0.05) is 17.7 Å². The molecule has 0 atom stereocenters. The lowest BCUT2D eigenvalue weighted by atomic mass is 9.85. The molecule has 1 aliphatic rings. The van der Waals surface area contributed by atoms with Crippen LogP contribution in [0.4, 0.5) is 5.69 Å². The Hall–Kier alpha value is -2.02. The highest BCUT2D eigenvalue weighted by Gasteiger charge is 2.25. The Morgan fingerprint density at radius 3 is 3.00 bits per heavy atom. The lowest BCUT2D eigenvalue weighted by Crippen LogP contribution is -2.27. The molecule has 0 unspecified atom stereocenters. The van der Waals surface area contributed by atoms with E-state index in [2.05, 4.69) is 5.32 Å². The molecule has 1 amide bonds. The fourth-order valence-corrected chi connectivity index (χ4v) is 1.69. The number of ether oxygens (including phenoxy) is 1. The molecule has 1 aromatic rings. The molecule has 4 nitrogen and oxygen atoms in total. The van der Waals surface area contributed by atoms with Crippen molar-refractivity contribution in [1.82, 2.24) is 0 Å². The minimum Gasteiger partial charge on any atom is -0.479 e. The third kappa shape index (κ3) is 2.97. The first kappa shape index (κ1) is 11.5. The van der Waals surface area contributed by atoms with Crippen LogP contribution in [-0.2, 0) is 4.79 Å². The fourth-order valence-electron chi connectivity index (χ4n) is 1.69. The molecule has 2 rings (SSSR count). The topological polar surface area (TPSA) is 62.1 Å². The lowest BCUT2D eigenvalue weighted by molar-refractivity contribution is -0.122. The minimum atomic E-state index is 0.0139. The summed E-state index contributed by atoms with van der Waals surface area (Å²) >= 11 is 0. The number of carbonyl (C=O) groups excluding carboxylic acids is 1. The molecule has 0 radical (unpaired) electrons. The summed E-state index contributed by atoms with van der Waals surface area (Å²) in [5.74, 6) is 0.838. The molecule has 0 aromatic heterocycles. The molecule has 0 saturated heterocycles. The van der Waals surface area contributed by atoms with Gasteiger partial charge in [-0.1, -0.05) is 12.5 Å². The summed E-state index contributed by atoms with van der Waals surface area (Å²) in [5, 5.41) is 11.3. The van der Waals surface area contributed by atoms with Crippen molar-refractivity contribution in [3.05, 3.63) is 24.3 Å². The highest BCUT2D eigenvalue weighted by atomic mass is 16.5. The first-order chi connectivity index (χ1) is 8.29. The predicted molar refractivity (Wildman–Crippen MR) is 63.5 cm³/mol. The maximum Gasteiger partial charge on any atom is 0.227 e. The zero-order valence-electron chi connectivity index (χ0n) is 9.48. The standard InChI is InChI=1S/C13H14N2O2/c14-7-8-17-12-6-2-5-11(9-12)15-13(16)10-3-1-4-10/h2,5-6,9-10H,1,3-4,8H2,(H,15,16). The van der Waals surface area contributed by atoms with E-state index >= 15 is 0 Å². The quantitative estimate of drug-likeness (QED) is 0.863. The summed E-state index contributed by atoms with van der Waals surface area (Å²) in [6, 6.07) is 9.00. The van der Waals surface area contributed by atoms with Crippen LogP contribution in [0.1, 0.15) is 19.3 Å². The number of amides is 1. The molecule has 17 heavy (non-hydrogen) atoms. The second kappa shape index (κ2) is 5.35. The van der Waals surface area contributed by atoms with Crippen LogP contribution in [0.15, 0.2) is 24.3 Å². The van der Waals surface area contributed by atoms with Crippen LogP contribution in [0.5, 0.6) is 5.75 Å². The molecule has 4 heteroatoms. The summed E-state index contributed by atoms with van der Waals surface area (Å²) < 4.78 is 5.17. The Balaban J connectivity index is 1.95. The number of hydrogen-bond donors (Lipinski definition) is 1. The Morgan fingerprint density at radius 2 is 2.35 bits per heavy atom. The van der Waals surface area contributed by atoms with E-state index in [1.807, 2.05) is 12.1 Å². The third-order valence-electron chi connectivity index (χ3n) is 2.88. The van der Waals surface area contributed by atoms with Gasteiger partial charge in [0.05, 0.1) is 0 Å². The van der Waals surface area contributed by atoms with Crippen molar-refractivity contribution >= 4 is 11.6 Å². The van der Waals surface area contributed by atoms with E-state index in [0.29, 0.717) is 5.75 Å². The van der Waals surface area contributed by atoms with Crippen LogP contribution in [0.3, 0.4) is 0 Å². The van der Waals surface area contributed by atoms with Crippen LogP contribution >= 0.6 is 0 Å². The van der Waals surface area contributed by atoms with Crippen LogP contribution in [0, 0.1) is 17.2 Å². The number of nitrogens with zero attached hydrogens (tertiary/aromatic N) is 1. The molecule has 1 aromatic carbocycles. The van der Waals surface area contributed by atoms with Crippen molar-refractivity contribution in [2.24, 2.45) is 5.92 Å². The summed E-state index contributed by atoms with van der Waals surface area (Å²) in [6.45, 7) is 0.0139. The minimum absolute atomic E-state index is 0.0139. The molecule has 0 spiro atoms. The van der Waals surface area contributed by atoms with Crippen molar-refractivity contribution < 1.29 is 9.53 Å². The molecule has 88 valence electrons. The molecule has 0 aliphatic heterocycles. The molecule has 1 saturated carbocycles. The molecular formula is C13H14N2O2. The number of anilines is 1. The van der Waals surface area contributed by atoms with E-state index in [4.69, 9.17) is 10.00 Å². The van der Waals surface area contributed by atoms with E-state index < -0.39 is 0 Å². The van der Waals surface area contributed by atoms with Crippen molar-refractivity contribution in [2.75, 3.05) is 11.9 Å². The highest BCUT2D eigenvalue weighted by molar-refractivity contribution is 5.93. The molecule has 0 bridgehead atoms. The number of rotatable bonds is 4. The highest BCUT2D eigenvalue weighted by Crippen LogP contribution is 2.28. The molecule has 0 heterocycles. The van der Waals surface area contributed by atoms with Gasteiger partial charge in [0.25, 0.3) is 0 Å². The van der Waals surface area contributed by atoms with Gasteiger partial charge in [-0.05, 0) is 25.0 Å². The van der Waals surface area contributed by atoms with Gasteiger partial charge in [-0.25, -0.2) is 0 Å². The van der Waals surface area contributed by atoms with Crippen LogP contribution < -0.4 is 10.1 Å². The Labute approximate surface area is 100 Å². The van der Waals surface area contributed by atoms with E-state index in [1.54, 1.807) is 18.2 Å². The summed E-state index contributed by atoms with van der Waals surface area (Å²) in [7, 11) is 0. The average molecular weight is 230 g/mol. The lowest BCUT2D eigenvalue weighted by Gasteiger charge is -2.24. The summed E-state index contributed by atoms with van der Waals surface area (Å²) in [5.41, 5.74) is 0.720. The van der Waals surface area contributed by atoms with Crippen molar-refractivity contribution in [1.29, 1.82) is 5.26 Å². The maximum absolute atomic E-state index is 11.7. The SMILES string of the molecule is N#CCOc1cccc(NC(=O)C2CCC2)c1. The van der Waals surface area contributed by atoms with Gasteiger partial charge in [-0.3, -0.25) is 4.79 Å². The first-order valence-corrected chi connectivity index (χ1v) is 5.70. The Bertz CT molecular complexity index is 447. The van der Waals surface area contributed by atoms with Crippen molar-refractivity contribution in [3.63, 3.8) is 0 Å². The van der Waals surface area contributed by atoms with Gasteiger partial charge in [-0.2, -0.15) is 5.26 Å². The smallest absolute Gasteiger partial charge is 0.227 e. The number of benzene rings is 1. The molecule has 1 aliphatic carbocycles. The van der Waals surface area contributed by atoms with Gasteiger partial charge in [0.2, 0.25) is 5.91 Å². The zero-order chi connectivity index (χ0) is 12.1. The van der Waals surface area contributed by atoms with E-state index in [1.165, 1.54) is 0 Å².